The zero-order valence-electron chi connectivity index (χ0n) is 10.3. The number of nitrogens with two attached hydrogens (primary N) is 1. The molecule has 0 bridgehead atoms. The van der Waals surface area contributed by atoms with Gasteiger partial charge in [-0.3, -0.25) is 10.1 Å². The number of rotatable bonds is 3. The van der Waals surface area contributed by atoms with Crippen molar-refractivity contribution in [1.82, 2.24) is 5.32 Å². The van der Waals surface area contributed by atoms with Gasteiger partial charge < -0.3 is 15.2 Å². The van der Waals surface area contributed by atoms with Crippen molar-refractivity contribution < 1.29 is 14.3 Å². The predicted molar refractivity (Wildman–Crippen MR) is 66.7 cm³/mol. The topological polar surface area (TPSA) is 85.9 Å². The van der Waals surface area contributed by atoms with E-state index in [1.165, 1.54) is 0 Å². The van der Waals surface area contributed by atoms with Crippen molar-refractivity contribution in [3.8, 4) is 11.5 Å². The molecule has 0 unspecified atom stereocenters. The van der Waals surface area contributed by atoms with E-state index < -0.39 is 0 Å². The quantitative estimate of drug-likeness (QED) is 0.820. The van der Waals surface area contributed by atoms with Crippen LogP contribution in [0.1, 0.15) is 18.0 Å². The van der Waals surface area contributed by atoms with E-state index in [2.05, 4.69) is 10.3 Å². The van der Waals surface area contributed by atoms with Crippen LogP contribution in [0.3, 0.4) is 0 Å². The summed E-state index contributed by atoms with van der Waals surface area (Å²) in [6.07, 6.45) is 0.240. The summed E-state index contributed by atoms with van der Waals surface area (Å²) in [5, 5.41) is 2.46. The first kappa shape index (κ1) is 12.2. The monoisotopic (exact) mass is 249 g/mol. The van der Waals surface area contributed by atoms with Crippen LogP contribution in [0.25, 0.3) is 0 Å². The van der Waals surface area contributed by atoms with Crippen LogP contribution in [0.4, 0.5) is 0 Å². The molecule has 2 rings (SSSR count). The van der Waals surface area contributed by atoms with E-state index in [4.69, 9.17) is 15.2 Å². The summed E-state index contributed by atoms with van der Waals surface area (Å²) in [4.78, 5) is 15.7. The third-order valence-electron chi connectivity index (χ3n) is 2.74. The van der Waals surface area contributed by atoms with Gasteiger partial charge in [-0.25, -0.2) is 4.99 Å². The van der Waals surface area contributed by atoms with Crippen molar-refractivity contribution in [3.63, 3.8) is 0 Å². The first-order valence-corrected chi connectivity index (χ1v) is 5.49. The van der Waals surface area contributed by atoms with Gasteiger partial charge in [0.05, 0.1) is 26.7 Å². The number of methoxy groups -OCH3 is 2. The van der Waals surface area contributed by atoms with Crippen molar-refractivity contribution >= 4 is 11.9 Å². The Morgan fingerprint density at radius 2 is 2.17 bits per heavy atom. The normalized spacial score (nSPS) is 18.9. The Hall–Kier alpha value is -2.24. The predicted octanol–water partition coefficient (Wildman–Crippen LogP) is 0.579. The van der Waals surface area contributed by atoms with Crippen LogP contribution in [0.15, 0.2) is 23.2 Å². The number of carbonyl (C=O) groups is 1. The van der Waals surface area contributed by atoms with E-state index in [0.29, 0.717) is 11.5 Å². The number of benzene rings is 1. The second-order valence-corrected chi connectivity index (χ2v) is 3.89. The van der Waals surface area contributed by atoms with Crippen molar-refractivity contribution in [3.05, 3.63) is 23.8 Å². The molecule has 1 aromatic carbocycles. The molecule has 0 saturated heterocycles. The first-order chi connectivity index (χ1) is 8.63. The Balaban J connectivity index is 2.42. The molecule has 18 heavy (non-hydrogen) atoms. The third kappa shape index (κ3) is 2.37. The van der Waals surface area contributed by atoms with Crippen LogP contribution in [0.2, 0.25) is 0 Å². The number of aliphatic imine (C=N–C) groups is 1. The summed E-state index contributed by atoms with van der Waals surface area (Å²) in [7, 11) is 3.15. The molecule has 0 saturated carbocycles. The average molecular weight is 249 g/mol. The second-order valence-electron chi connectivity index (χ2n) is 3.89. The Kier molecular flexibility index (Phi) is 3.36. The fraction of sp³-hybridized carbons (Fsp3) is 0.333. The minimum absolute atomic E-state index is 0.126. The van der Waals surface area contributed by atoms with Gasteiger partial charge >= 0.3 is 0 Å². The zero-order valence-corrected chi connectivity index (χ0v) is 10.3. The Morgan fingerprint density at radius 3 is 2.78 bits per heavy atom. The Bertz CT molecular complexity index is 499. The van der Waals surface area contributed by atoms with Gasteiger partial charge in [-0.1, -0.05) is 0 Å². The molecular weight excluding hydrogens is 234 g/mol. The average Bonchev–Trinajstić information content (AvgIpc) is 2.36. The van der Waals surface area contributed by atoms with Crippen LogP contribution >= 0.6 is 0 Å². The van der Waals surface area contributed by atoms with E-state index in [-0.39, 0.29) is 24.3 Å². The number of hydrogen-bond donors (Lipinski definition) is 2. The molecule has 1 aliphatic rings. The molecule has 1 aromatic rings. The van der Waals surface area contributed by atoms with Crippen LogP contribution in [-0.4, -0.2) is 26.1 Å². The van der Waals surface area contributed by atoms with E-state index in [0.717, 1.165) is 5.56 Å². The maximum Gasteiger partial charge on any atom is 0.229 e. The molecule has 1 atom stereocenters. The molecule has 0 radical (unpaired) electrons. The highest BCUT2D eigenvalue weighted by molar-refractivity contribution is 5.98. The Morgan fingerprint density at radius 1 is 1.39 bits per heavy atom. The lowest BCUT2D eigenvalue weighted by Gasteiger charge is -2.21. The molecule has 0 aliphatic carbocycles. The zero-order chi connectivity index (χ0) is 13.1. The van der Waals surface area contributed by atoms with E-state index in [1.807, 2.05) is 0 Å². The number of nitrogens with one attached hydrogen (secondary N) is 1. The van der Waals surface area contributed by atoms with Gasteiger partial charge in [0.25, 0.3) is 0 Å². The van der Waals surface area contributed by atoms with Gasteiger partial charge in [0.2, 0.25) is 5.91 Å². The van der Waals surface area contributed by atoms with E-state index in [9.17, 15) is 4.79 Å². The molecule has 1 aliphatic heterocycles. The summed E-state index contributed by atoms with van der Waals surface area (Å²) in [6, 6.07) is 5.03. The number of carbonyl (C=O) groups excluding carboxylic acids is 1. The highest BCUT2D eigenvalue weighted by atomic mass is 16.5. The fourth-order valence-corrected chi connectivity index (χ4v) is 1.89. The summed E-state index contributed by atoms with van der Waals surface area (Å²) in [6.45, 7) is 0. The molecule has 1 amide bonds. The van der Waals surface area contributed by atoms with Crippen LogP contribution in [-0.2, 0) is 4.79 Å². The molecule has 3 N–H and O–H groups in total. The molecule has 0 spiro atoms. The molecule has 6 nitrogen and oxygen atoms in total. The van der Waals surface area contributed by atoms with E-state index >= 15 is 0 Å². The number of hydrogen-bond acceptors (Lipinski definition) is 5. The fourth-order valence-electron chi connectivity index (χ4n) is 1.89. The summed E-state index contributed by atoms with van der Waals surface area (Å²) >= 11 is 0. The molecule has 0 aromatic heterocycles. The van der Waals surface area contributed by atoms with Crippen molar-refractivity contribution in [2.45, 2.75) is 12.5 Å². The van der Waals surface area contributed by atoms with Gasteiger partial charge in [0.15, 0.2) is 5.96 Å². The van der Waals surface area contributed by atoms with Crippen LogP contribution in [0.5, 0.6) is 11.5 Å². The van der Waals surface area contributed by atoms with Gasteiger partial charge in [-0.05, 0) is 18.2 Å². The van der Waals surface area contributed by atoms with Gasteiger partial charge in [0, 0.05) is 5.56 Å². The largest absolute Gasteiger partial charge is 0.497 e. The van der Waals surface area contributed by atoms with Crippen molar-refractivity contribution in [2.75, 3.05) is 14.2 Å². The van der Waals surface area contributed by atoms with Gasteiger partial charge in [-0.2, -0.15) is 0 Å². The number of ether oxygens (including phenoxy) is 2. The maximum atomic E-state index is 11.5. The summed E-state index contributed by atoms with van der Waals surface area (Å²) < 4.78 is 10.4. The lowest BCUT2D eigenvalue weighted by atomic mass is 10.0. The highest BCUT2D eigenvalue weighted by Crippen LogP contribution is 2.34. The van der Waals surface area contributed by atoms with Crippen molar-refractivity contribution in [2.24, 2.45) is 10.7 Å². The maximum absolute atomic E-state index is 11.5. The SMILES string of the molecule is COc1ccc(OC)c([C@H]2CC(=O)NC(N)=N2)c1. The van der Waals surface area contributed by atoms with Gasteiger partial charge in [-0.15, -0.1) is 0 Å². The third-order valence-corrected chi connectivity index (χ3v) is 2.74. The number of guanidine groups is 1. The highest BCUT2D eigenvalue weighted by Gasteiger charge is 2.24. The molecule has 96 valence electrons. The molecular formula is C12H15N3O3. The number of amides is 1. The smallest absolute Gasteiger partial charge is 0.229 e. The standard InChI is InChI=1S/C12H15N3O3/c1-17-7-3-4-10(18-2)8(5-7)9-6-11(16)15-12(13)14-9/h3-5,9H,6H2,1-2H3,(H3,13,14,15,16)/t9-/m1/s1. The summed E-state index contributed by atoms with van der Waals surface area (Å²) in [5.41, 5.74) is 6.35. The van der Waals surface area contributed by atoms with Gasteiger partial charge in [0.1, 0.15) is 11.5 Å². The molecule has 0 fully saturated rings. The molecule has 1 heterocycles. The lowest BCUT2D eigenvalue weighted by molar-refractivity contribution is -0.120. The second kappa shape index (κ2) is 4.95. The van der Waals surface area contributed by atoms with Crippen LogP contribution < -0.4 is 20.5 Å². The summed E-state index contributed by atoms with van der Waals surface area (Å²) in [5.74, 6) is 1.32. The van der Waals surface area contributed by atoms with Crippen LogP contribution in [0, 0.1) is 0 Å². The molecule has 6 heteroatoms. The first-order valence-electron chi connectivity index (χ1n) is 5.49. The number of nitrogens with zero attached hydrogens (tertiary/aromatic N) is 1. The van der Waals surface area contributed by atoms with E-state index in [1.54, 1.807) is 32.4 Å². The Labute approximate surface area is 105 Å². The minimum atomic E-state index is -0.344. The lowest BCUT2D eigenvalue weighted by Crippen LogP contribution is -2.41. The van der Waals surface area contributed by atoms with Crippen molar-refractivity contribution in [1.29, 1.82) is 0 Å². The minimum Gasteiger partial charge on any atom is -0.497 e.